The van der Waals surface area contributed by atoms with Crippen LogP contribution in [0.25, 0.3) is 11.3 Å². The Kier molecular flexibility index (Phi) is 3.87. The van der Waals surface area contributed by atoms with Crippen molar-refractivity contribution < 1.29 is 14.6 Å². The lowest BCUT2D eigenvalue weighted by molar-refractivity contribution is -0.129. The van der Waals surface area contributed by atoms with Gasteiger partial charge in [-0.1, -0.05) is 22.9 Å². The van der Waals surface area contributed by atoms with Crippen LogP contribution in [0.5, 0.6) is 5.75 Å². The molecule has 1 amide bonds. The Bertz CT molecular complexity index is 1020. The van der Waals surface area contributed by atoms with E-state index in [4.69, 9.17) is 22.1 Å². The lowest BCUT2D eigenvalue weighted by atomic mass is 9.91. The molecule has 3 aromatic rings. The molecule has 0 saturated heterocycles. The molecule has 1 atom stereocenters. The number of carbonyl (C=O) groups is 1. The zero-order valence-corrected chi connectivity index (χ0v) is 15.2. The molecule has 0 aliphatic carbocycles. The number of carbonyl (C=O) groups excluding carboxylic acids is 1. The largest absolute Gasteiger partial charge is 0.497 e. The molecule has 1 aliphatic rings. The number of benzene rings is 2. The topological polar surface area (TPSA) is 97.5 Å². The zero-order chi connectivity index (χ0) is 18.5. The molecular weight excluding hydrogens is 374 g/mol. The van der Waals surface area contributed by atoms with Crippen molar-refractivity contribution in [3.8, 4) is 17.0 Å². The number of hydrogen-bond acceptors (Lipinski definition) is 6. The average Bonchev–Trinajstić information content (AvgIpc) is 3.15. The van der Waals surface area contributed by atoms with E-state index in [2.05, 4.69) is 10.3 Å². The third-order valence-corrected chi connectivity index (χ3v) is 5.51. The van der Waals surface area contributed by atoms with Gasteiger partial charge < -0.3 is 20.9 Å². The Balaban J connectivity index is 1.91. The molecule has 0 spiro atoms. The number of fused-ring (bicyclic) bond motifs is 1. The predicted octanol–water partition coefficient (Wildman–Crippen LogP) is 3.24. The minimum absolute atomic E-state index is 0.252. The summed E-state index contributed by atoms with van der Waals surface area (Å²) in [6.45, 7) is 0. The summed E-state index contributed by atoms with van der Waals surface area (Å²) >= 11 is 7.15. The van der Waals surface area contributed by atoms with Crippen LogP contribution in [-0.2, 0) is 10.4 Å². The SMILES string of the molecule is COc1ccc(-c2nc(N)sc2[C@@]2(O)C(=O)Nc3ccc(Cl)cc32)cc1. The van der Waals surface area contributed by atoms with Crippen LogP contribution in [0.4, 0.5) is 10.8 Å². The average molecular weight is 388 g/mol. The van der Waals surface area contributed by atoms with Gasteiger partial charge in [0, 0.05) is 21.8 Å². The molecule has 8 heteroatoms. The van der Waals surface area contributed by atoms with E-state index >= 15 is 0 Å². The monoisotopic (exact) mass is 387 g/mol. The Morgan fingerprint density at radius 2 is 2.00 bits per heavy atom. The molecule has 0 bridgehead atoms. The summed E-state index contributed by atoms with van der Waals surface area (Å²) in [6.07, 6.45) is 0. The lowest BCUT2D eigenvalue weighted by Crippen LogP contribution is -2.35. The Labute approximate surface area is 158 Å². The first-order valence-electron chi connectivity index (χ1n) is 7.68. The van der Waals surface area contributed by atoms with Gasteiger partial charge in [0.05, 0.1) is 17.7 Å². The molecule has 0 fully saturated rings. The molecule has 1 aromatic heterocycles. The van der Waals surface area contributed by atoms with Crippen LogP contribution >= 0.6 is 22.9 Å². The van der Waals surface area contributed by atoms with Crippen LogP contribution in [0.1, 0.15) is 10.4 Å². The molecule has 2 heterocycles. The maximum atomic E-state index is 12.7. The van der Waals surface area contributed by atoms with Gasteiger partial charge in [0.25, 0.3) is 5.91 Å². The summed E-state index contributed by atoms with van der Waals surface area (Å²) in [6, 6.07) is 12.0. The summed E-state index contributed by atoms with van der Waals surface area (Å²) in [5.41, 5.74) is 6.05. The minimum atomic E-state index is -1.91. The van der Waals surface area contributed by atoms with E-state index < -0.39 is 11.5 Å². The number of anilines is 2. The first-order valence-corrected chi connectivity index (χ1v) is 8.88. The van der Waals surface area contributed by atoms with Crippen molar-refractivity contribution in [2.24, 2.45) is 0 Å². The normalized spacial score (nSPS) is 18.5. The molecule has 26 heavy (non-hydrogen) atoms. The number of rotatable bonds is 3. The van der Waals surface area contributed by atoms with Crippen molar-refractivity contribution in [1.82, 2.24) is 4.98 Å². The van der Waals surface area contributed by atoms with Gasteiger partial charge >= 0.3 is 0 Å². The number of aromatic nitrogens is 1. The fraction of sp³-hybridized carbons (Fsp3) is 0.111. The van der Waals surface area contributed by atoms with E-state index in [1.807, 2.05) is 0 Å². The Morgan fingerprint density at radius 1 is 1.27 bits per heavy atom. The smallest absolute Gasteiger partial charge is 0.266 e. The lowest BCUT2D eigenvalue weighted by Gasteiger charge is -2.20. The molecule has 0 unspecified atom stereocenters. The van der Waals surface area contributed by atoms with E-state index in [0.717, 1.165) is 11.3 Å². The maximum absolute atomic E-state index is 12.7. The van der Waals surface area contributed by atoms with E-state index in [9.17, 15) is 9.90 Å². The van der Waals surface area contributed by atoms with Gasteiger partial charge in [0.1, 0.15) is 5.75 Å². The third kappa shape index (κ3) is 2.44. The van der Waals surface area contributed by atoms with Gasteiger partial charge in [-0.15, -0.1) is 0 Å². The number of nitrogen functional groups attached to an aromatic ring is 1. The van der Waals surface area contributed by atoms with Crippen molar-refractivity contribution >= 4 is 39.7 Å². The second kappa shape index (κ2) is 5.98. The Morgan fingerprint density at radius 3 is 2.69 bits per heavy atom. The third-order valence-electron chi connectivity index (χ3n) is 4.28. The summed E-state index contributed by atoms with van der Waals surface area (Å²) in [5, 5.41) is 14.7. The number of ether oxygens (including phenoxy) is 1. The summed E-state index contributed by atoms with van der Waals surface area (Å²) < 4.78 is 5.17. The number of halogens is 1. The quantitative estimate of drug-likeness (QED) is 0.641. The van der Waals surface area contributed by atoms with Gasteiger partial charge in [0.2, 0.25) is 5.60 Å². The van der Waals surface area contributed by atoms with Gasteiger partial charge in [-0.2, -0.15) is 0 Å². The predicted molar refractivity (Wildman–Crippen MR) is 102 cm³/mol. The number of nitrogens with one attached hydrogen (secondary N) is 1. The van der Waals surface area contributed by atoms with E-state index in [1.165, 1.54) is 0 Å². The minimum Gasteiger partial charge on any atom is -0.497 e. The molecule has 6 nitrogen and oxygen atoms in total. The maximum Gasteiger partial charge on any atom is 0.266 e. The van der Waals surface area contributed by atoms with Crippen molar-refractivity contribution in [2.45, 2.75) is 5.60 Å². The van der Waals surface area contributed by atoms with Crippen LogP contribution in [-0.4, -0.2) is 23.1 Å². The van der Waals surface area contributed by atoms with E-state index in [1.54, 1.807) is 49.6 Å². The number of methoxy groups -OCH3 is 1. The van der Waals surface area contributed by atoms with Crippen molar-refractivity contribution in [3.63, 3.8) is 0 Å². The van der Waals surface area contributed by atoms with Gasteiger partial charge in [-0.25, -0.2) is 4.98 Å². The fourth-order valence-electron chi connectivity index (χ4n) is 3.01. The molecule has 4 rings (SSSR count). The van der Waals surface area contributed by atoms with Crippen molar-refractivity contribution in [2.75, 3.05) is 18.2 Å². The highest BCUT2D eigenvalue weighted by Gasteiger charge is 2.50. The number of hydrogen-bond donors (Lipinski definition) is 3. The molecule has 2 aromatic carbocycles. The highest BCUT2D eigenvalue weighted by molar-refractivity contribution is 7.16. The summed E-state index contributed by atoms with van der Waals surface area (Å²) in [4.78, 5) is 17.4. The number of nitrogens with two attached hydrogens (primary N) is 1. The van der Waals surface area contributed by atoms with Crippen LogP contribution in [0.2, 0.25) is 5.02 Å². The molecule has 0 saturated carbocycles. The molecule has 4 N–H and O–H groups in total. The molecular formula is C18H14ClN3O3S. The van der Waals surface area contributed by atoms with Crippen molar-refractivity contribution in [1.29, 1.82) is 0 Å². The molecule has 1 aliphatic heterocycles. The summed E-state index contributed by atoms with van der Waals surface area (Å²) in [5.74, 6) is 0.126. The summed E-state index contributed by atoms with van der Waals surface area (Å²) in [7, 11) is 1.58. The van der Waals surface area contributed by atoms with E-state index in [-0.39, 0.29) is 5.13 Å². The van der Waals surface area contributed by atoms with Gasteiger partial charge in [-0.05, 0) is 42.5 Å². The van der Waals surface area contributed by atoms with Crippen molar-refractivity contribution in [3.05, 3.63) is 57.9 Å². The van der Waals surface area contributed by atoms with Gasteiger partial charge in [-0.3, -0.25) is 4.79 Å². The molecule has 132 valence electrons. The number of nitrogens with zero attached hydrogens (tertiary/aromatic N) is 1. The Hall–Kier alpha value is -2.61. The second-order valence-electron chi connectivity index (χ2n) is 5.81. The number of aliphatic hydroxyl groups is 1. The zero-order valence-electron chi connectivity index (χ0n) is 13.6. The molecule has 0 radical (unpaired) electrons. The highest BCUT2D eigenvalue weighted by Crippen LogP contribution is 2.47. The number of thiazole rings is 1. The van der Waals surface area contributed by atoms with E-state index in [0.29, 0.717) is 38.2 Å². The van der Waals surface area contributed by atoms with Gasteiger partial charge in [0.15, 0.2) is 5.13 Å². The second-order valence-corrected chi connectivity index (χ2v) is 7.28. The first-order chi connectivity index (χ1) is 12.4. The highest BCUT2D eigenvalue weighted by atomic mass is 35.5. The number of amides is 1. The first kappa shape index (κ1) is 16.8. The van der Waals surface area contributed by atoms with Crippen LogP contribution in [0.3, 0.4) is 0 Å². The fourth-order valence-corrected chi connectivity index (χ4v) is 4.14. The van der Waals surface area contributed by atoms with Crippen LogP contribution in [0, 0.1) is 0 Å². The van der Waals surface area contributed by atoms with Crippen LogP contribution in [0.15, 0.2) is 42.5 Å². The van der Waals surface area contributed by atoms with Crippen LogP contribution < -0.4 is 15.8 Å². The standard InChI is InChI=1S/C18H14ClN3O3S/c1-25-11-5-2-9(3-6-11)14-15(26-17(20)22-14)18(24)12-8-10(19)4-7-13(12)21-16(18)23/h2-8,24H,1H3,(H2,20,22)(H,21,23)/t18-/m1/s1.